The third-order valence-corrected chi connectivity index (χ3v) is 7.44. The molecule has 0 radical (unpaired) electrons. The number of nitrogens with zero attached hydrogens (tertiary/aromatic N) is 1. The summed E-state index contributed by atoms with van der Waals surface area (Å²) >= 11 is 1.44. The molecule has 0 saturated carbocycles. The topological polar surface area (TPSA) is 66.5 Å². The number of sulfonamides is 1. The summed E-state index contributed by atoms with van der Waals surface area (Å²) in [4.78, 5) is 13.0. The summed E-state index contributed by atoms with van der Waals surface area (Å²) in [6.07, 6.45) is 0. The Morgan fingerprint density at radius 3 is 2.50 bits per heavy atom. The predicted molar refractivity (Wildman–Crippen MR) is 105 cm³/mol. The molecule has 0 unspecified atom stereocenters. The van der Waals surface area contributed by atoms with E-state index in [9.17, 15) is 13.2 Å². The zero-order valence-corrected chi connectivity index (χ0v) is 16.6. The molecule has 0 aromatic heterocycles. The van der Waals surface area contributed by atoms with E-state index in [0.717, 1.165) is 10.5 Å². The summed E-state index contributed by atoms with van der Waals surface area (Å²) in [6, 6.07) is 14.3. The zero-order chi connectivity index (χ0) is 18.9. The maximum absolute atomic E-state index is 13.2. The molecule has 0 fully saturated rings. The first-order valence-electron chi connectivity index (χ1n) is 8.46. The molecule has 26 heavy (non-hydrogen) atoms. The van der Waals surface area contributed by atoms with Crippen molar-refractivity contribution < 1.29 is 13.2 Å². The molecule has 0 saturated heterocycles. The number of nitrogens with one attached hydrogen (secondary N) is 1. The SMILES string of the molecule is CC(C)N(Cc1ccccc1)S(=O)(=O)c1ccc2c(c1)NC(=O)[C@H](C)S2. The molecule has 1 aliphatic rings. The van der Waals surface area contributed by atoms with E-state index < -0.39 is 10.0 Å². The van der Waals surface area contributed by atoms with Crippen LogP contribution in [0.3, 0.4) is 0 Å². The van der Waals surface area contributed by atoms with Gasteiger partial charge in [-0.25, -0.2) is 8.42 Å². The molecular weight excluding hydrogens is 368 g/mol. The van der Waals surface area contributed by atoms with Crippen LogP contribution in [-0.4, -0.2) is 29.9 Å². The van der Waals surface area contributed by atoms with Gasteiger partial charge in [-0.05, 0) is 44.5 Å². The number of amides is 1. The molecule has 1 atom stereocenters. The number of carbonyl (C=O) groups excluding carboxylic acids is 1. The number of hydrogen-bond acceptors (Lipinski definition) is 4. The lowest BCUT2D eigenvalue weighted by molar-refractivity contribution is -0.115. The Labute approximate surface area is 158 Å². The van der Waals surface area contributed by atoms with E-state index in [0.29, 0.717) is 12.2 Å². The van der Waals surface area contributed by atoms with Crippen LogP contribution in [0.25, 0.3) is 0 Å². The van der Waals surface area contributed by atoms with E-state index >= 15 is 0 Å². The van der Waals surface area contributed by atoms with Gasteiger partial charge < -0.3 is 5.32 Å². The van der Waals surface area contributed by atoms with Crippen LogP contribution in [0.5, 0.6) is 0 Å². The summed E-state index contributed by atoms with van der Waals surface area (Å²) in [5.74, 6) is -0.109. The molecular formula is C19H22N2O3S2. The van der Waals surface area contributed by atoms with Crippen LogP contribution in [0.1, 0.15) is 26.3 Å². The first-order valence-corrected chi connectivity index (χ1v) is 10.8. The quantitative estimate of drug-likeness (QED) is 0.845. The summed E-state index contributed by atoms with van der Waals surface area (Å²) < 4.78 is 27.9. The number of carbonyl (C=O) groups is 1. The van der Waals surface area contributed by atoms with E-state index in [2.05, 4.69) is 5.32 Å². The number of anilines is 1. The van der Waals surface area contributed by atoms with Crippen LogP contribution in [0.15, 0.2) is 58.3 Å². The molecule has 0 spiro atoms. The molecule has 0 aliphatic carbocycles. The van der Waals surface area contributed by atoms with Crippen LogP contribution in [-0.2, 0) is 21.4 Å². The van der Waals surface area contributed by atoms with Crippen molar-refractivity contribution in [3.63, 3.8) is 0 Å². The maximum atomic E-state index is 13.2. The number of thioether (sulfide) groups is 1. The molecule has 1 amide bonds. The van der Waals surface area contributed by atoms with E-state index in [1.165, 1.54) is 16.1 Å². The van der Waals surface area contributed by atoms with Crippen molar-refractivity contribution >= 4 is 33.4 Å². The molecule has 1 heterocycles. The van der Waals surface area contributed by atoms with E-state index in [-0.39, 0.29) is 22.1 Å². The average molecular weight is 391 g/mol. The first kappa shape index (κ1) is 18.9. The zero-order valence-electron chi connectivity index (χ0n) is 15.0. The molecule has 3 rings (SSSR count). The lowest BCUT2D eigenvalue weighted by Crippen LogP contribution is -2.36. The van der Waals surface area contributed by atoms with Gasteiger partial charge in [-0.2, -0.15) is 4.31 Å². The molecule has 0 bridgehead atoms. The summed E-state index contributed by atoms with van der Waals surface area (Å²) in [5, 5.41) is 2.61. The molecule has 5 nitrogen and oxygen atoms in total. The summed E-state index contributed by atoms with van der Waals surface area (Å²) in [5.41, 5.74) is 1.49. The second-order valence-corrected chi connectivity index (χ2v) is 9.81. The fourth-order valence-corrected chi connectivity index (χ4v) is 5.37. The van der Waals surface area contributed by atoms with Crippen molar-refractivity contribution in [1.29, 1.82) is 0 Å². The van der Waals surface area contributed by atoms with Crippen LogP contribution < -0.4 is 5.32 Å². The van der Waals surface area contributed by atoms with Crippen LogP contribution in [0.4, 0.5) is 5.69 Å². The van der Waals surface area contributed by atoms with Crippen LogP contribution in [0.2, 0.25) is 0 Å². The number of rotatable bonds is 5. The fourth-order valence-electron chi connectivity index (χ4n) is 2.79. The Kier molecular flexibility index (Phi) is 5.41. The maximum Gasteiger partial charge on any atom is 0.243 e. The van der Waals surface area contributed by atoms with Crippen molar-refractivity contribution in [3.8, 4) is 0 Å². The highest BCUT2D eigenvalue weighted by atomic mass is 32.2. The lowest BCUT2D eigenvalue weighted by Gasteiger charge is -2.27. The second kappa shape index (κ2) is 7.42. The lowest BCUT2D eigenvalue weighted by atomic mass is 10.2. The van der Waals surface area contributed by atoms with Crippen molar-refractivity contribution in [3.05, 3.63) is 54.1 Å². The fraction of sp³-hybridized carbons (Fsp3) is 0.316. The molecule has 138 valence electrons. The summed E-state index contributed by atoms with van der Waals surface area (Å²) in [7, 11) is -3.69. The van der Waals surface area contributed by atoms with Gasteiger partial charge in [0.05, 0.1) is 15.8 Å². The minimum absolute atomic E-state index is 0.109. The van der Waals surface area contributed by atoms with Gasteiger partial charge in [0.25, 0.3) is 0 Å². The first-order chi connectivity index (χ1) is 12.3. The summed E-state index contributed by atoms with van der Waals surface area (Å²) in [6.45, 7) is 5.85. The largest absolute Gasteiger partial charge is 0.324 e. The van der Waals surface area contributed by atoms with Crippen molar-refractivity contribution in [1.82, 2.24) is 4.31 Å². The second-order valence-electron chi connectivity index (χ2n) is 6.54. The van der Waals surface area contributed by atoms with Gasteiger partial charge in [0.1, 0.15) is 0 Å². The molecule has 1 aliphatic heterocycles. The minimum Gasteiger partial charge on any atom is -0.324 e. The monoisotopic (exact) mass is 390 g/mol. The number of fused-ring (bicyclic) bond motifs is 1. The van der Waals surface area contributed by atoms with E-state index in [1.807, 2.05) is 51.1 Å². The average Bonchev–Trinajstić information content (AvgIpc) is 2.60. The standard InChI is InChI=1S/C19H22N2O3S2/c1-13(2)21(12-15-7-5-4-6-8-15)26(23,24)16-9-10-18-17(11-16)20-19(22)14(3)25-18/h4-11,13-14H,12H2,1-3H3,(H,20,22)/t14-/m0/s1. The van der Waals surface area contributed by atoms with Gasteiger partial charge in [0.2, 0.25) is 15.9 Å². The number of benzene rings is 2. The smallest absolute Gasteiger partial charge is 0.243 e. The molecule has 2 aromatic carbocycles. The van der Waals surface area contributed by atoms with Crippen molar-refractivity contribution in [2.24, 2.45) is 0 Å². The van der Waals surface area contributed by atoms with Gasteiger partial charge in [-0.15, -0.1) is 11.8 Å². The van der Waals surface area contributed by atoms with Gasteiger partial charge in [0.15, 0.2) is 0 Å². The van der Waals surface area contributed by atoms with Crippen molar-refractivity contribution in [2.75, 3.05) is 5.32 Å². The molecule has 2 aromatic rings. The Hall–Kier alpha value is -1.83. The highest BCUT2D eigenvalue weighted by Gasteiger charge is 2.30. The van der Waals surface area contributed by atoms with Gasteiger partial charge in [-0.3, -0.25) is 4.79 Å². The Morgan fingerprint density at radius 2 is 1.85 bits per heavy atom. The van der Waals surface area contributed by atoms with Gasteiger partial charge in [0, 0.05) is 17.5 Å². The van der Waals surface area contributed by atoms with Gasteiger partial charge in [-0.1, -0.05) is 30.3 Å². The predicted octanol–water partition coefficient (Wildman–Crippen LogP) is 3.72. The minimum atomic E-state index is -3.69. The molecule has 1 N–H and O–H groups in total. The van der Waals surface area contributed by atoms with Crippen LogP contribution >= 0.6 is 11.8 Å². The number of hydrogen-bond donors (Lipinski definition) is 1. The third kappa shape index (κ3) is 3.79. The Bertz CT molecular complexity index is 912. The normalized spacial score (nSPS) is 17.3. The van der Waals surface area contributed by atoms with Gasteiger partial charge >= 0.3 is 0 Å². The highest BCUT2D eigenvalue weighted by Crippen LogP contribution is 2.37. The highest BCUT2D eigenvalue weighted by molar-refractivity contribution is 8.01. The van der Waals surface area contributed by atoms with Crippen LogP contribution in [0, 0.1) is 0 Å². The Balaban J connectivity index is 1.95. The third-order valence-electron chi connectivity index (χ3n) is 4.25. The Morgan fingerprint density at radius 1 is 1.15 bits per heavy atom. The van der Waals surface area contributed by atoms with E-state index in [4.69, 9.17) is 0 Å². The van der Waals surface area contributed by atoms with E-state index in [1.54, 1.807) is 18.2 Å². The molecule has 7 heteroatoms. The van der Waals surface area contributed by atoms with Crippen molar-refractivity contribution in [2.45, 2.75) is 48.4 Å².